The Hall–Kier alpha value is -2.62. The number of halogens is 2. The molecule has 2 fully saturated rings. The Morgan fingerprint density at radius 1 is 1.25 bits per heavy atom. The smallest absolute Gasteiger partial charge is 0.250 e. The van der Waals surface area contributed by atoms with E-state index in [9.17, 15) is 23.2 Å². The van der Waals surface area contributed by atoms with E-state index in [1.165, 1.54) is 16.7 Å². The largest absolute Gasteiger partial charge is 0.346 e. The van der Waals surface area contributed by atoms with E-state index < -0.39 is 48.3 Å². The van der Waals surface area contributed by atoms with Crippen molar-refractivity contribution in [3.63, 3.8) is 0 Å². The molecule has 2 aliphatic carbocycles. The van der Waals surface area contributed by atoms with Crippen molar-refractivity contribution in [3.8, 4) is 6.07 Å². The highest BCUT2D eigenvalue weighted by Crippen LogP contribution is 2.44. The summed E-state index contributed by atoms with van der Waals surface area (Å²) in [5.74, 6) is -6.48. The van der Waals surface area contributed by atoms with Crippen LogP contribution in [0.4, 0.5) is 8.78 Å². The zero-order valence-electron chi connectivity index (χ0n) is 18.4. The summed E-state index contributed by atoms with van der Waals surface area (Å²) in [7, 11) is 0. The standard InChI is InChI=1S/C25H28F2N2O3/c1-13(2)18-5-3-4-14-6-15(7-19(14)18)22(30)9-16-8-21(29-24(16)32)23(31)20-11-25(26,27)10-17(20)12-28/h3-5,13,15-17,20-21H,6-11H2,1-2H3,(H,29,32)/t15?,16-,17-,20-,21?/m0/s1. The molecule has 0 radical (unpaired) electrons. The number of ketones is 2. The summed E-state index contributed by atoms with van der Waals surface area (Å²) in [6, 6.07) is 7.08. The van der Waals surface area contributed by atoms with Gasteiger partial charge >= 0.3 is 0 Å². The highest BCUT2D eigenvalue weighted by Gasteiger charge is 2.52. The minimum atomic E-state index is -3.04. The third-order valence-corrected chi connectivity index (χ3v) is 7.36. The normalized spacial score (nSPS) is 30.8. The lowest BCUT2D eigenvalue weighted by Gasteiger charge is -2.16. The second kappa shape index (κ2) is 8.38. The molecule has 1 N–H and O–H groups in total. The topological polar surface area (TPSA) is 87.0 Å². The number of rotatable bonds is 6. The van der Waals surface area contributed by atoms with Gasteiger partial charge in [-0.25, -0.2) is 8.78 Å². The van der Waals surface area contributed by atoms with Crippen LogP contribution in [0.2, 0.25) is 0 Å². The van der Waals surface area contributed by atoms with E-state index >= 15 is 0 Å². The molecule has 1 amide bonds. The highest BCUT2D eigenvalue weighted by molar-refractivity contribution is 5.97. The van der Waals surface area contributed by atoms with Gasteiger partial charge in [-0.05, 0) is 41.9 Å². The van der Waals surface area contributed by atoms with E-state index in [4.69, 9.17) is 5.26 Å². The minimum absolute atomic E-state index is 0.00598. The molecule has 1 saturated carbocycles. The summed E-state index contributed by atoms with van der Waals surface area (Å²) in [5.41, 5.74) is 3.67. The first-order valence-electron chi connectivity index (χ1n) is 11.3. The van der Waals surface area contributed by atoms with Crippen LogP contribution in [-0.2, 0) is 27.2 Å². The monoisotopic (exact) mass is 442 g/mol. The Labute approximate surface area is 186 Å². The molecule has 0 spiro atoms. The Kier molecular flexibility index (Phi) is 5.91. The number of nitrogens with one attached hydrogen (secondary N) is 1. The number of nitrogens with zero attached hydrogens (tertiary/aromatic N) is 1. The van der Waals surface area contributed by atoms with E-state index in [-0.39, 0.29) is 30.4 Å². The second-order valence-electron chi connectivity index (χ2n) is 9.92. The Morgan fingerprint density at radius 2 is 2.00 bits per heavy atom. The number of carbonyl (C=O) groups excluding carboxylic acids is 3. The molecule has 2 unspecified atom stereocenters. The maximum atomic E-state index is 13.7. The van der Waals surface area contributed by atoms with E-state index in [1.807, 2.05) is 12.1 Å². The number of Topliss-reactive ketones (excluding diaryl/α,β-unsaturated/α-hetero) is 2. The van der Waals surface area contributed by atoms with Crippen molar-refractivity contribution in [1.29, 1.82) is 5.26 Å². The fourth-order valence-corrected chi connectivity index (χ4v) is 5.66. The van der Waals surface area contributed by atoms with Gasteiger partial charge in [0, 0.05) is 37.0 Å². The SMILES string of the molecule is CC(C)c1cccc2c1CC(C(=O)C[C@@H]1CC(C(=O)[C@H]3CC(F)(F)C[C@H]3C#N)NC1=O)C2. The quantitative estimate of drug-likeness (QED) is 0.727. The second-order valence-corrected chi connectivity index (χ2v) is 9.92. The lowest BCUT2D eigenvalue weighted by atomic mass is 9.86. The van der Waals surface area contributed by atoms with E-state index in [0.717, 1.165) is 0 Å². The molecular formula is C25H28F2N2O3. The highest BCUT2D eigenvalue weighted by atomic mass is 19.3. The fraction of sp³-hybridized carbons (Fsp3) is 0.600. The van der Waals surface area contributed by atoms with E-state index in [0.29, 0.717) is 18.8 Å². The van der Waals surface area contributed by atoms with Gasteiger partial charge in [-0.15, -0.1) is 0 Å². The molecule has 4 rings (SSSR count). The van der Waals surface area contributed by atoms with Gasteiger partial charge < -0.3 is 5.32 Å². The van der Waals surface area contributed by atoms with Gasteiger partial charge in [0.05, 0.1) is 18.0 Å². The number of hydrogen-bond acceptors (Lipinski definition) is 4. The molecule has 170 valence electrons. The number of alkyl halides is 2. The number of hydrogen-bond donors (Lipinski definition) is 1. The van der Waals surface area contributed by atoms with Crippen molar-refractivity contribution in [1.82, 2.24) is 5.32 Å². The van der Waals surface area contributed by atoms with Gasteiger partial charge in [0.25, 0.3) is 0 Å². The van der Waals surface area contributed by atoms with Gasteiger partial charge in [0.2, 0.25) is 11.8 Å². The molecular weight excluding hydrogens is 414 g/mol. The lowest BCUT2D eigenvalue weighted by molar-refractivity contribution is -0.129. The van der Waals surface area contributed by atoms with Crippen LogP contribution >= 0.6 is 0 Å². The molecule has 1 heterocycles. The summed E-state index contributed by atoms with van der Waals surface area (Å²) in [6.45, 7) is 4.25. The van der Waals surface area contributed by atoms with Gasteiger partial charge in [-0.1, -0.05) is 32.0 Å². The fourth-order valence-electron chi connectivity index (χ4n) is 5.66. The van der Waals surface area contributed by atoms with Gasteiger partial charge in [-0.2, -0.15) is 5.26 Å². The van der Waals surface area contributed by atoms with Crippen molar-refractivity contribution in [2.75, 3.05) is 0 Å². The summed E-state index contributed by atoms with van der Waals surface area (Å²) < 4.78 is 27.5. The zero-order chi connectivity index (χ0) is 23.2. The zero-order valence-corrected chi connectivity index (χ0v) is 18.4. The molecule has 32 heavy (non-hydrogen) atoms. The van der Waals surface area contributed by atoms with Crippen molar-refractivity contribution < 1.29 is 23.2 Å². The Morgan fingerprint density at radius 3 is 2.69 bits per heavy atom. The van der Waals surface area contributed by atoms with Crippen molar-refractivity contribution in [2.45, 2.75) is 70.3 Å². The molecule has 1 aromatic rings. The number of fused-ring (bicyclic) bond motifs is 1. The molecule has 1 aromatic carbocycles. The van der Waals surface area contributed by atoms with Gasteiger partial charge in [0.15, 0.2) is 5.78 Å². The number of amides is 1. The molecule has 7 heteroatoms. The first kappa shape index (κ1) is 22.6. The number of nitriles is 1. The summed E-state index contributed by atoms with van der Waals surface area (Å²) in [6.07, 6.45) is 0.225. The minimum Gasteiger partial charge on any atom is -0.346 e. The first-order chi connectivity index (χ1) is 15.1. The average Bonchev–Trinajstić information content (AvgIpc) is 3.41. The summed E-state index contributed by atoms with van der Waals surface area (Å²) >= 11 is 0. The van der Waals surface area contributed by atoms with Crippen molar-refractivity contribution >= 4 is 17.5 Å². The van der Waals surface area contributed by atoms with Crippen LogP contribution in [0.3, 0.4) is 0 Å². The van der Waals surface area contributed by atoms with E-state index in [1.54, 1.807) is 0 Å². The van der Waals surface area contributed by atoms with Crippen LogP contribution in [0.15, 0.2) is 18.2 Å². The maximum absolute atomic E-state index is 13.7. The van der Waals surface area contributed by atoms with Crippen LogP contribution < -0.4 is 5.32 Å². The van der Waals surface area contributed by atoms with Crippen LogP contribution in [0.5, 0.6) is 0 Å². The first-order valence-corrected chi connectivity index (χ1v) is 11.3. The molecule has 0 aromatic heterocycles. The Balaban J connectivity index is 1.38. The molecule has 3 aliphatic rings. The molecule has 5 atom stereocenters. The Bertz CT molecular complexity index is 997. The van der Waals surface area contributed by atoms with Gasteiger partial charge in [0.1, 0.15) is 5.78 Å². The average molecular weight is 443 g/mol. The van der Waals surface area contributed by atoms with E-state index in [2.05, 4.69) is 31.3 Å². The van der Waals surface area contributed by atoms with Gasteiger partial charge in [-0.3, -0.25) is 14.4 Å². The van der Waals surface area contributed by atoms with Crippen molar-refractivity contribution in [3.05, 3.63) is 34.9 Å². The number of carbonyl (C=O) groups is 3. The predicted molar refractivity (Wildman–Crippen MR) is 113 cm³/mol. The van der Waals surface area contributed by atoms with Crippen molar-refractivity contribution in [2.24, 2.45) is 23.7 Å². The van der Waals surface area contributed by atoms with Crippen LogP contribution in [0.25, 0.3) is 0 Å². The molecule has 1 saturated heterocycles. The molecule has 0 bridgehead atoms. The lowest BCUT2D eigenvalue weighted by Crippen LogP contribution is -2.38. The van der Waals surface area contributed by atoms with Crippen LogP contribution in [0.1, 0.15) is 62.1 Å². The third-order valence-electron chi connectivity index (χ3n) is 7.36. The summed E-state index contributed by atoms with van der Waals surface area (Å²) in [5, 5.41) is 11.8. The molecule has 1 aliphatic heterocycles. The molecule has 5 nitrogen and oxygen atoms in total. The third kappa shape index (κ3) is 4.20. The van der Waals surface area contributed by atoms with Crippen LogP contribution in [-0.4, -0.2) is 29.4 Å². The predicted octanol–water partition coefficient (Wildman–Crippen LogP) is 3.74. The number of benzene rings is 1. The maximum Gasteiger partial charge on any atom is 0.250 e. The van der Waals surface area contributed by atoms with Crippen LogP contribution in [0, 0.1) is 35.0 Å². The summed E-state index contributed by atoms with van der Waals surface area (Å²) in [4.78, 5) is 38.3.